The van der Waals surface area contributed by atoms with Crippen molar-refractivity contribution in [1.29, 1.82) is 0 Å². The smallest absolute Gasteiger partial charge is 0.408 e. The fourth-order valence-electron chi connectivity index (χ4n) is 4.31. The van der Waals surface area contributed by atoms with Gasteiger partial charge in [-0.15, -0.1) is 0 Å². The summed E-state index contributed by atoms with van der Waals surface area (Å²) in [5, 5.41) is 5.38. The summed E-state index contributed by atoms with van der Waals surface area (Å²) in [6.07, 6.45) is 0.249. The molecule has 0 aliphatic heterocycles. The standard InChI is InChI=1S/C20H32N2O7/c1-10(2)14(21-18(26)29-19(3,4)5)15(23)22-20(17(25)28-7)9-8-11-12(13(11)20)16(24)27-6/h10-14H,8-9H2,1-7H3,(H,21,26)(H,22,23)/t11-,12-,13-,14-,20-/m0/s1. The third-order valence-electron chi connectivity index (χ3n) is 5.60. The van der Waals surface area contributed by atoms with Crippen LogP contribution in [0.15, 0.2) is 0 Å². The van der Waals surface area contributed by atoms with Gasteiger partial charge in [-0.1, -0.05) is 13.8 Å². The highest BCUT2D eigenvalue weighted by molar-refractivity contribution is 5.94. The van der Waals surface area contributed by atoms with Crippen molar-refractivity contribution in [3.63, 3.8) is 0 Å². The monoisotopic (exact) mass is 412 g/mol. The van der Waals surface area contributed by atoms with Gasteiger partial charge in [0.05, 0.1) is 20.1 Å². The van der Waals surface area contributed by atoms with Gasteiger partial charge in [-0.25, -0.2) is 9.59 Å². The Bertz CT molecular complexity index is 685. The van der Waals surface area contributed by atoms with Crippen LogP contribution in [0.4, 0.5) is 4.79 Å². The highest BCUT2D eigenvalue weighted by Gasteiger charge is 2.72. The summed E-state index contributed by atoms with van der Waals surface area (Å²) in [4.78, 5) is 49.9. The molecule has 2 fully saturated rings. The Morgan fingerprint density at radius 1 is 1.07 bits per heavy atom. The first-order chi connectivity index (χ1) is 13.4. The molecule has 9 nitrogen and oxygen atoms in total. The molecule has 2 aliphatic carbocycles. The Morgan fingerprint density at radius 3 is 2.17 bits per heavy atom. The van der Waals surface area contributed by atoms with Crippen LogP contribution in [0.3, 0.4) is 0 Å². The van der Waals surface area contributed by atoms with Crippen LogP contribution in [0.25, 0.3) is 0 Å². The van der Waals surface area contributed by atoms with Gasteiger partial charge >= 0.3 is 18.0 Å². The lowest BCUT2D eigenvalue weighted by molar-refractivity contribution is -0.153. The molecule has 0 radical (unpaired) electrons. The van der Waals surface area contributed by atoms with Gasteiger partial charge in [0.1, 0.15) is 17.2 Å². The van der Waals surface area contributed by atoms with Crippen molar-refractivity contribution in [2.75, 3.05) is 14.2 Å². The Kier molecular flexibility index (Phi) is 6.49. The molecule has 0 heterocycles. The summed E-state index contributed by atoms with van der Waals surface area (Å²) in [6, 6.07) is -0.916. The maximum atomic E-state index is 13.1. The molecule has 0 spiro atoms. The van der Waals surface area contributed by atoms with Crippen LogP contribution in [0, 0.1) is 23.7 Å². The van der Waals surface area contributed by atoms with Crippen molar-refractivity contribution in [3.8, 4) is 0 Å². The first-order valence-electron chi connectivity index (χ1n) is 9.85. The number of nitrogens with one attached hydrogen (secondary N) is 2. The summed E-state index contributed by atoms with van der Waals surface area (Å²) in [7, 11) is 2.55. The molecule has 2 amide bonds. The van der Waals surface area contributed by atoms with Crippen LogP contribution >= 0.6 is 0 Å². The fourth-order valence-corrected chi connectivity index (χ4v) is 4.31. The number of fused-ring (bicyclic) bond motifs is 1. The predicted octanol–water partition coefficient (Wildman–Crippen LogP) is 1.39. The molecule has 0 bridgehead atoms. The van der Waals surface area contributed by atoms with E-state index in [1.807, 2.05) is 0 Å². The van der Waals surface area contributed by atoms with Crippen LogP contribution < -0.4 is 10.6 Å². The van der Waals surface area contributed by atoms with Crippen molar-refractivity contribution in [2.24, 2.45) is 23.7 Å². The maximum Gasteiger partial charge on any atom is 0.408 e. The van der Waals surface area contributed by atoms with Gasteiger partial charge in [0.25, 0.3) is 0 Å². The van der Waals surface area contributed by atoms with Crippen molar-refractivity contribution >= 4 is 23.9 Å². The topological polar surface area (TPSA) is 120 Å². The summed E-state index contributed by atoms with van der Waals surface area (Å²) < 4.78 is 15.0. The van der Waals surface area contributed by atoms with Crippen molar-refractivity contribution in [1.82, 2.24) is 10.6 Å². The number of alkyl carbamates (subject to hydrolysis) is 1. The Labute approximate surface area is 171 Å². The second kappa shape index (κ2) is 8.20. The first kappa shape index (κ1) is 23.0. The zero-order chi connectivity index (χ0) is 22.1. The molecule has 2 aliphatic rings. The molecule has 2 rings (SSSR count). The predicted molar refractivity (Wildman–Crippen MR) is 103 cm³/mol. The number of hydrogen-bond donors (Lipinski definition) is 2. The molecule has 0 aromatic heterocycles. The molecule has 2 N–H and O–H groups in total. The molecule has 5 atom stereocenters. The van der Waals surface area contributed by atoms with E-state index in [1.54, 1.807) is 34.6 Å². The molecule has 0 unspecified atom stereocenters. The molecule has 29 heavy (non-hydrogen) atoms. The number of carbonyl (C=O) groups excluding carboxylic acids is 4. The molecule has 9 heteroatoms. The number of carbonyl (C=O) groups is 4. The van der Waals surface area contributed by atoms with Crippen LogP contribution in [-0.4, -0.2) is 55.3 Å². The van der Waals surface area contributed by atoms with E-state index in [2.05, 4.69) is 10.6 Å². The van der Waals surface area contributed by atoms with Crippen molar-refractivity contribution in [2.45, 2.75) is 64.6 Å². The minimum Gasteiger partial charge on any atom is -0.469 e. The SMILES string of the molecule is COC(=O)[C@H]1[C@@H]2CC[C@@](NC(=O)[C@@H](NC(=O)OC(C)(C)C)C(C)C)(C(=O)OC)[C@@H]21. The number of rotatable bonds is 6. The van der Waals surface area contributed by atoms with Gasteiger partial charge in [-0.05, 0) is 45.4 Å². The van der Waals surface area contributed by atoms with E-state index >= 15 is 0 Å². The van der Waals surface area contributed by atoms with Gasteiger partial charge in [0.2, 0.25) is 5.91 Å². The summed E-state index contributed by atoms with van der Waals surface area (Å²) in [5.74, 6) is -2.61. The number of esters is 2. The third kappa shape index (κ3) is 4.64. The zero-order valence-electron chi connectivity index (χ0n) is 18.2. The van der Waals surface area contributed by atoms with Crippen LogP contribution in [0.1, 0.15) is 47.5 Å². The molecule has 0 aromatic carbocycles. The Balaban J connectivity index is 2.20. The molecule has 0 saturated heterocycles. The van der Waals surface area contributed by atoms with Gasteiger partial charge in [-0.2, -0.15) is 0 Å². The van der Waals surface area contributed by atoms with Crippen LogP contribution in [0.5, 0.6) is 0 Å². The van der Waals surface area contributed by atoms with Crippen LogP contribution in [0.2, 0.25) is 0 Å². The van der Waals surface area contributed by atoms with E-state index < -0.39 is 47.0 Å². The summed E-state index contributed by atoms with van der Waals surface area (Å²) in [5.41, 5.74) is -2.02. The molecule has 164 valence electrons. The summed E-state index contributed by atoms with van der Waals surface area (Å²) >= 11 is 0. The van der Waals surface area contributed by atoms with Crippen LogP contribution in [-0.2, 0) is 28.6 Å². The van der Waals surface area contributed by atoms with E-state index in [9.17, 15) is 19.2 Å². The minimum atomic E-state index is -1.31. The summed E-state index contributed by atoms with van der Waals surface area (Å²) in [6.45, 7) is 8.72. The van der Waals surface area contributed by atoms with E-state index in [0.29, 0.717) is 12.8 Å². The number of hydrogen-bond acceptors (Lipinski definition) is 7. The number of ether oxygens (including phenoxy) is 3. The molecular weight excluding hydrogens is 380 g/mol. The van der Waals surface area contributed by atoms with Gasteiger partial charge in [0, 0.05) is 5.92 Å². The fraction of sp³-hybridized carbons (Fsp3) is 0.800. The normalized spacial score (nSPS) is 28.8. The number of methoxy groups -OCH3 is 2. The third-order valence-corrected chi connectivity index (χ3v) is 5.60. The van der Waals surface area contributed by atoms with E-state index in [4.69, 9.17) is 14.2 Å². The lowest BCUT2D eigenvalue weighted by atomic mass is 9.89. The highest BCUT2D eigenvalue weighted by Crippen LogP contribution is 2.63. The largest absolute Gasteiger partial charge is 0.469 e. The Morgan fingerprint density at radius 2 is 1.69 bits per heavy atom. The second-order valence-corrected chi connectivity index (χ2v) is 9.10. The van der Waals surface area contributed by atoms with Gasteiger partial charge in [-0.3, -0.25) is 9.59 Å². The van der Waals surface area contributed by atoms with E-state index in [0.717, 1.165) is 0 Å². The average Bonchev–Trinajstić information content (AvgIpc) is 3.24. The second-order valence-electron chi connectivity index (χ2n) is 9.10. The van der Waals surface area contributed by atoms with E-state index in [-0.39, 0.29) is 17.8 Å². The maximum absolute atomic E-state index is 13.1. The lowest BCUT2D eigenvalue weighted by Crippen LogP contribution is -2.61. The minimum absolute atomic E-state index is 0.0295. The molecule has 2 saturated carbocycles. The highest BCUT2D eigenvalue weighted by atomic mass is 16.6. The Hall–Kier alpha value is -2.32. The number of amides is 2. The zero-order valence-corrected chi connectivity index (χ0v) is 18.2. The van der Waals surface area contributed by atoms with Gasteiger partial charge in [0.15, 0.2) is 0 Å². The van der Waals surface area contributed by atoms with Crippen molar-refractivity contribution in [3.05, 3.63) is 0 Å². The van der Waals surface area contributed by atoms with Crippen molar-refractivity contribution < 1.29 is 33.4 Å². The molecular formula is C20H32N2O7. The lowest BCUT2D eigenvalue weighted by Gasteiger charge is -2.33. The molecule has 0 aromatic rings. The first-order valence-corrected chi connectivity index (χ1v) is 9.85. The van der Waals surface area contributed by atoms with E-state index in [1.165, 1.54) is 14.2 Å². The van der Waals surface area contributed by atoms with Gasteiger partial charge < -0.3 is 24.8 Å². The quantitative estimate of drug-likeness (QED) is 0.500. The average molecular weight is 412 g/mol.